The third kappa shape index (κ3) is 5.90. The van der Waals surface area contributed by atoms with Gasteiger partial charge in [0.2, 0.25) is 0 Å². The maximum Gasteiger partial charge on any atom is 0.0684 e. The quantitative estimate of drug-likeness (QED) is 0.582. The molecule has 0 bridgehead atoms. The monoisotopic (exact) mass is 154 g/mol. The molecule has 1 unspecified atom stereocenters. The molecule has 0 fully saturated rings. The van der Waals surface area contributed by atoms with Gasteiger partial charge in [-0.25, -0.2) is 0 Å². The second-order valence-electron chi connectivity index (χ2n) is 2.88. The first-order valence-electron chi connectivity index (χ1n) is 4.05. The first-order valence-corrected chi connectivity index (χ1v) is 4.05. The standard InChI is InChI=1S/C9H18N2/c1-5-9(6-2)10-7-8-11(3)4/h1,9-10H,6-8H2,2-4H3. The van der Waals surface area contributed by atoms with Crippen molar-refractivity contribution < 1.29 is 0 Å². The largest absolute Gasteiger partial charge is 0.308 e. The van der Waals surface area contributed by atoms with E-state index in [0.29, 0.717) is 0 Å². The summed E-state index contributed by atoms with van der Waals surface area (Å²) < 4.78 is 0. The highest BCUT2D eigenvalue weighted by Gasteiger charge is 1.98. The van der Waals surface area contributed by atoms with Crippen LogP contribution in [0.3, 0.4) is 0 Å². The van der Waals surface area contributed by atoms with E-state index >= 15 is 0 Å². The van der Waals surface area contributed by atoms with Crippen LogP contribution in [0.1, 0.15) is 13.3 Å². The van der Waals surface area contributed by atoms with Crippen LogP contribution in [0.2, 0.25) is 0 Å². The Morgan fingerprint density at radius 1 is 1.55 bits per heavy atom. The van der Waals surface area contributed by atoms with Gasteiger partial charge in [-0.15, -0.1) is 6.42 Å². The average molecular weight is 154 g/mol. The Bertz CT molecular complexity index is 124. The van der Waals surface area contributed by atoms with Crippen molar-refractivity contribution in [2.24, 2.45) is 0 Å². The van der Waals surface area contributed by atoms with Gasteiger partial charge < -0.3 is 10.2 Å². The third-order valence-electron chi connectivity index (χ3n) is 1.56. The summed E-state index contributed by atoms with van der Waals surface area (Å²) in [6.45, 7) is 4.10. The SMILES string of the molecule is C#CC(CC)NCCN(C)C. The highest BCUT2D eigenvalue weighted by molar-refractivity contribution is 4.97. The van der Waals surface area contributed by atoms with Crippen LogP contribution >= 0.6 is 0 Å². The zero-order valence-electron chi connectivity index (χ0n) is 7.72. The number of hydrogen-bond acceptors (Lipinski definition) is 2. The minimum atomic E-state index is 0.245. The van der Waals surface area contributed by atoms with E-state index in [0.717, 1.165) is 19.5 Å². The molecule has 0 saturated heterocycles. The molecule has 0 aliphatic rings. The molecule has 2 heteroatoms. The number of nitrogens with zero attached hydrogens (tertiary/aromatic N) is 1. The Morgan fingerprint density at radius 3 is 2.55 bits per heavy atom. The van der Waals surface area contributed by atoms with Gasteiger partial charge in [0.25, 0.3) is 0 Å². The van der Waals surface area contributed by atoms with E-state index < -0.39 is 0 Å². The van der Waals surface area contributed by atoms with E-state index in [-0.39, 0.29) is 6.04 Å². The van der Waals surface area contributed by atoms with Crippen molar-refractivity contribution in [1.29, 1.82) is 0 Å². The first kappa shape index (κ1) is 10.5. The molecule has 1 N–H and O–H groups in total. The van der Waals surface area contributed by atoms with Gasteiger partial charge >= 0.3 is 0 Å². The van der Waals surface area contributed by atoms with E-state index in [9.17, 15) is 0 Å². The molecular formula is C9H18N2. The molecule has 0 aromatic rings. The number of hydrogen-bond donors (Lipinski definition) is 1. The van der Waals surface area contributed by atoms with Crippen LogP contribution in [0, 0.1) is 12.3 Å². The van der Waals surface area contributed by atoms with E-state index in [1.807, 2.05) is 0 Å². The molecule has 0 aliphatic carbocycles. The van der Waals surface area contributed by atoms with Crippen LogP contribution in [-0.4, -0.2) is 38.1 Å². The van der Waals surface area contributed by atoms with Gasteiger partial charge in [-0.3, -0.25) is 0 Å². The lowest BCUT2D eigenvalue weighted by molar-refractivity contribution is 0.393. The molecule has 0 radical (unpaired) electrons. The minimum absolute atomic E-state index is 0.245. The Balaban J connectivity index is 3.30. The lowest BCUT2D eigenvalue weighted by atomic mass is 10.2. The molecule has 0 aromatic heterocycles. The summed E-state index contributed by atoms with van der Waals surface area (Å²) in [5, 5.41) is 3.27. The van der Waals surface area contributed by atoms with Gasteiger partial charge in [-0.05, 0) is 20.5 Å². The van der Waals surface area contributed by atoms with Crippen LogP contribution in [0.25, 0.3) is 0 Å². The maximum absolute atomic E-state index is 5.27. The molecule has 0 aromatic carbocycles. The summed E-state index contributed by atoms with van der Waals surface area (Å²) in [7, 11) is 4.11. The summed E-state index contributed by atoms with van der Waals surface area (Å²) >= 11 is 0. The minimum Gasteiger partial charge on any atom is -0.308 e. The summed E-state index contributed by atoms with van der Waals surface area (Å²) in [4.78, 5) is 2.14. The van der Waals surface area contributed by atoms with Crippen LogP contribution in [0.4, 0.5) is 0 Å². The van der Waals surface area contributed by atoms with Gasteiger partial charge in [0.1, 0.15) is 0 Å². The second kappa shape index (κ2) is 6.21. The van der Waals surface area contributed by atoms with Gasteiger partial charge in [-0.1, -0.05) is 12.8 Å². The zero-order valence-corrected chi connectivity index (χ0v) is 7.72. The third-order valence-corrected chi connectivity index (χ3v) is 1.56. The Morgan fingerprint density at radius 2 is 2.18 bits per heavy atom. The summed E-state index contributed by atoms with van der Waals surface area (Å²) in [6, 6.07) is 0.245. The van der Waals surface area contributed by atoms with Gasteiger partial charge in [-0.2, -0.15) is 0 Å². The molecule has 64 valence electrons. The predicted octanol–water partition coefficient (Wildman–Crippen LogP) is 0.549. The molecular weight excluding hydrogens is 136 g/mol. The first-order chi connectivity index (χ1) is 5.20. The van der Waals surface area contributed by atoms with Crippen LogP contribution < -0.4 is 5.32 Å². The van der Waals surface area contributed by atoms with Crippen LogP contribution in [-0.2, 0) is 0 Å². The Kier molecular flexibility index (Phi) is 5.91. The van der Waals surface area contributed by atoms with E-state index in [2.05, 4.69) is 37.2 Å². The number of nitrogens with one attached hydrogen (secondary N) is 1. The highest BCUT2D eigenvalue weighted by atomic mass is 15.1. The van der Waals surface area contributed by atoms with E-state index in [1.165, 1.54) is 0 Å². The van der Waals surface area contributed by atoms with Crippen molar-refractivity contribution in [1.82, 2.24) is 10.2 Å². The van der Waals surface area contributed by atoms with Crippen molar-refractivity contribution in [3.63, 3.8) is 0 Å². The van der Waals surface area contributed by atoms with Gasteiger partial charge in [0.15, 0.2) is 0 Å². The average Bonchev–Trinajstić information content (AvgIpc) is 1.98. The topological polar surface area (TPSA) is 15.3 Å². The fourth-order valence-electron chi connectivity index (χ4n) is 0.784. The zero-order chi connectivity index (χ0) is 8.69. The molecule has 0 spiro atoms. The fraction of sp³-hybridized carbons (Fsp3) is 0.778. The lowest BCUT2D eigenvalue weighted by Crippen LogP contribution is -2.33. The smallest absolute Gasteiger partial charge is 0.0684 e. The Labute approximate surface area is 70.0 Å². The number of likely N-dealkylation sites (N-methyl/N-ethyl adjacent to an activating group) is 1. The molecule has 0 amide bonds. The molecule has 0 rings (SSSR count). The molecule has 1 atom stereocenters. The summed E-state index contributed by atoms with van der Waals surface area (Å²) in [5.41, 5.74) is 0. The van der Waals surface area contributed by atoms with Gasteiger partial charge in [0, 0.05) is 13.1 Å². The molecule has 0 saturated carbocycles. The van der Waals surface area contributed by atoms with Crippen molar-refractivity contribution in [3.8, 4) is 12.3 Å². The summed E-state index contributed by atoms with van der Waals surface area (Å²) in [5.74, 6) is 2.70. The van der Waals surface area contributed by atoms with Gasteiger partial charge in [0.05, 0.1) is 6.04 Å². The molecule has 0 heterocycles. The predicted molar refractivity (Wildman–Crippen MR) is 49.5 cm³/mol. The van der Waals surface area contributed by atoms with Crippen molar-refractivity contribution in [2.45, 2.75) is 19.4 Å². The molecule has 11 heavy (non-hydrogen) atoms. The van der Waals surface area contributed by atoms with Crippen molar-refractivity contribution >= 4 is 0 Å². The van der Waals surface area contributed by atoms with E-state index in [1.54, 1.807) is 0 Å². The fourth-order valence-corrected chi connectivity index (χ4v) is 0.784. The molecule has 0 aliphatic heterocycles. The summed E-state index contributed by atoms with van der Waals surface area (Å²) in [6.07, 6.45) is 6.28. The highest BCUT2D eigenvalue weighted by Crippen LogP contribution is 1.86. The second-order valence-corrected chi connectivity index (χ2v) is 2.88. The maximum atomic E-state index is 5.27. The van der Waals surface area contributed by atoms with Crippen molar-refractivity contribution in [2.75, 3.05) is 27.2 Å². The van der Waals surface area contributed by atoms with Crippen LogP contribution in [0.5, 0.6) is 0 Å². The Hall–Kier alpha value is -0.520. The normalized spacial score (nSPS) is 13.0. The lowest BCUT2D eigenvalue weighted by Gasteiger charge is -2.13. The van der Waals surface area contributed by atoms with E-state index in [4.69, 9.17) is 6.42 Å². The number of terminal acetylenes is 1. The number of rotatable bonds is 5. The van der Waals surface area contributed by atoms with Crippen molar-refractivity contribution in [3.05, 3.63) is 0 Å². The van der Waals surface area contributed by atoms with Crippen LogP contribution in [0.15, 0.2) is 0 Å². The molecule has 2 nitrogen and oxygen atoms in total.